The fourth-order valence-electron chi connectivity index (χ4n) is 3.54. The van der Waals surface area contributed by atoms with E-state index < -0.39 is 0 Å². The molecule has 0 atom stereocenters. The molecular weight excluding hydrogens is 312 g/mol. The molecule has 1 aliphatic rings. The SMILES string of the molecule is Cc1ccccc1-n1c(C)cc(C(=O)NCCN2CCNCC2)c1C. The number of nitrogens with zero attached hydrogens (tertiary/aromatic N) is 2. The van der Waals surface area contributed by atoms with Crippen LogP contribution in [0.15, 0.2) is 30.3 Å². The van der Waals surface area contributed by atoms with E-state index in [0.29, 0.717) is 6.54 Å². The minimum absolute atomic E-state index is 0.0167. The summed E-state index contributed by atoms with van der Waals surface area (Å²) in [5.74, 6) is 0.0167. The van der Waals surface area contributed by atoms with Crippen LogP contribution in [0.2, 0.25) is 0 Å². The van der Waals surface area contributed by atoms with Crippen LogP contribution in [0.3, 0.4) is 0 Å². The van der Waals surface area contributed by atoms with Gasteiger partial charge in [0, 0.05) is 56.3 Å². The average Bonchev–Trinajstić information content (AvgIpc) is 2.91. The summed E-state index contributed by atoms with van der Waals surface area (Å²) in [6.45, 7) is 11.9. The van der Waals surface area contributed by atoms with Crippen molar-refractivity contribution in [3.05, 3.63) is 52.8 Å². The molecule has 5 nitrogen and oxygen atoms in total. The third-order valence-electron chi connectivity index (χ3n) is 4.96. The van der Waals surface area contributed by atoms with Gasteiger partial charge in [0.25, 0.3) is 5.91 Å². The Morgan fingerprint density at radius 1 is 1.16 bits per heavy atom. The zero-order valence-corrected chi connectivity index (χ0v) is 15.4. The van der Waals surface area contributed by atoms with E-state index in [4.69, 9.17) is 0 Å². The maximum atomic E-state index is 12.6. The Morgan fingerprint density at radius 3 is 2.60 bits per heavy atom. The number of piperazine rings is 1. The molecule has 1 aliphatic heterocycles. The first-order valence-corrected chi connectivity index (χ1v) is 9.04. The molecule has 1 fully saturated rings. The molecule has 0 spiro atoms. The fraction of sp³-hybridized carbons (Fsp3) is 0.450. The first-order chi connectivity index (χ1) is 12.1. The van der Waals surface area contributed by atoms with Crippen LogP contribution in [0.25, 0.3) is 5.69 Å². The highest BCUT2D eigenvalue weighted by Gasteiger charge is 2.17. The Bertz CT molecular complexity index is 744. The van der Waals surface area contributed by atoms with E-state index >= 15 is 0 Å². The summed E-state index contributed by atoms with van der Waals surface area (Å²) in [5, 5.41) is 6.42. The molecule has 25 heavy (non-hydrogen) atoms. The number of para-hydroxylation sites is 1. The van der Waals surface area contributed by atoms with E-state index in [2.05, 4.69) is 46.1 Å². The predicted octanol–water partition coefficient (Wildman–Crippen LogP) is 2.04. The van der Waals surface area contributed by atoms with E-state index in [1.165, 1.54) is 5.56 Å². The highest BCUT2D eigenvalue weighted by molar-refractivity contribution is 5.95. The molecule has 1 saturated heterocycles. The van der Waals surface area contributed by atoms with Crippen molar-refractivity contribution in [2.75, 3.05) is 39.3 Å². The lowest BCUT2D eigenvalue weighted by Crippen LogP contribution is -2.46. The number of carbonyl (C=O) groups excluding carboxylic acids is 1. The zero-order valence-electron chi connectivity index (χ0n) is 15.4. The number of nitrogens with one attached hydrogen (secondary N) is 2. The molecule has 2 heterocycles. The highest BCUT2D eigenvalue weighted by atomic mass is 16.1. The maximum Gasteiger partial charge on any atom is 0.253 e. The van der Waals surface area contributed by atoms with E-state index in [0.717, 1.165) is 55.4 Å². The first kappa shape index (κ1) is 17.7. The lowest BCUT2D eigenvalue weighted by molar-refractivity contribution is 0.0946. The van der Waals surface area contributed by atoms with Gasteiger partial charge in [-0.3, -0.25) is 9.69 Å². The van der Waals surface area contributed by atoms with E-state index in [1.54, 1.807) is 0 Å². The smallest absolute Gasteiger partial charge is 0.253 e. The fourth-order valence-corrected chi connectivity index (χ4v) is 3.54. The third-order valence-corrected chi connectivity index (χ3v) is 4.96. The Labute approximate surface area is 150 Å². The van der Waals surface area contributed by atoms with Gasteiger partial charge in [-0.05, 0) is 38.5 Å². The van der Waals surface area contributed by atoms with Crippen LogP contribution in [0.4, 0.5) is 0 Å². The summed E-state index contributed by atoms with van der Waals surface area (Å²) in [6.07, 6.45) is 0. The third kappa shape index (κ3) is 3.94. The molecule has 0 unspecified atom stereocenters. The van der Waals surface area contributed by atoms with Crippen molar-refractivity contribution in [3.63, 3.8) is 0 Å². The molecule has 2 N–H and O–H groups in total. The summed E-state index contributed by atoms with van der Waals surface area (Å²) in [4.78, 5) is 15.0. The molecule has 0 bridgehead atoms. The van der Waals surface area contributed by atoms with Gasteiger partial charge in [0.2, 0.25) is 0 Å². The Balaban J connectivity index is 1.69. The van der Waals surface area contributed by atoms with Crippen molar-refractivity contribution in [3.8, 4) is 5.69 Å². The molecule has 0 radical (unpaired) electrons. The van der Waals surface area contributed by atoms with E-state index in [-0.39, 0.29) is 5.91 Å². The molecule has 1 aromatic carbocycles. The predicted molar refractivity (Wildman–Crippen MR) is 102 cm³/mol. The molecule has 0 aliphatic carbocycles. The van der Waals surface area contributed by atoms with Gasteiger partial charge in [-0.2, -0.15) is 0 Å². The highest BCUT2D eigenvalue weighted by Crippen LogP contribution is 2.23. The molecule has 134 valence electrons. The average molecular weight is 340 g/mol. The minimum atomic E-state index is 0.0167. The molecule has 1 amide bonds. The second-order valence-corrected chi connectivity index (χ2v) is 6.75. The van der Waals surface area contributed by atoms with E-state index in [1.807, 2.05) is 25.1 Å². The van der Waals surface area contributed by atoms with Crippen molar-refractivity contribution in [1.82, 2.24) is 20.1 Å². The lowest BCUT2D eigenvalue weighted by atomic mass is 10.2. The quantitative estimate of drug-likeness (QED) is 0.876. The largest absolute Gasteiger partial charge is 0.351 e. The van der Waals surface area contributed by atoms with Crippen LogP contribution in [-0.4, -0.2) is 54.6 Å². The Kier molecular flexibility index (Phi) is 5.56. The van der Waals surface area contributed by atoms with Crippen LogP contribution < -0.4 is 10.6 Å². The first-order valence-electron chi connectivity index (χ1n) is 9.04. The molecule has 1 aromatic heterocycles. The number of amides is 1. The van der Waals surface area contributed by atoms with Gasteiger partial charge < -0.3 is 15.2 Å². The zero-order chi connectivity index (χ0) is 17.8. The number of hydrogen-bond donors (Lipinski definition) is 2. The van der Waals surface area contributed by atoms with Crippen LogP contribution in [0, 0.1) is 20.8 Å². The number of aromatic nitrogens is 1. The van der Waals surface area contributed by atoms with Gasteiger partial charge in [0.05, 0.1) is 5.56 Å². The van der Waals surface area contributed by atoms with Crippen LogP contribution in [0.1, 0.15) is 27.3 Å². The van der Waals surface area contributed by atoms with Gasteiger partial charge in [0.1, 0.15) is 0 Å². The number of rotatable bonds is 5. The Hall–Kier alpha value is -2.11. The summed E-state index contributed by atoms with van der Waals surface area (Å²) in [6, 6.07) is 10.3. The van der Waals surface area contributed by atoms with Crippen molar-refractivity contribution < 1.29 is 4.79 Å². The molecule has 0 saturated carbocycles. The van der Waals surface area contributed by atoms with Gasteiger partial charge in [-0.1, -0.05) is 18.2 Å². The van der Waals surface area contributed by atoms with Gasteiger partial charge in [0.15, 0.2) is 0 Å². The molecule has 2 aromatic rings. The molecule has 5 heteroatoms. The topological polar surface area (TPSA) is 49.3 Å². The van der Waals surface area contributed by atoms with E-state index in [9.17, 15) is 4.79 Å². The summed E-state index contributed by atoms with van der Waals surface area (Å²) in [5.41, 5.74) is 5.18. The van der Waals surface area contributed by atoms with Crippen molar-refractivity contribution >= 4 is 5.91 Å². The van der Waals surface area contributed by atoms with Crippen LogP contribution in [-0.2, 0) is 0 Å². The standard InChI is InChI=1S/C20H28N4O/c1-15-6-4-5-7-19(15)24-16(2)14-18(17(24)3)20(25)22-10-13-23-11-8-21-9-12-23/h4-7,14,21H,8-13H2,1-3H3,(H,22,25). The lowest BCUT2D eigenvalue weighted by Gasteiger charge is -2.27. The number of benzene rings is 1. The monoisotopic (exact) mass is 340 g/mol. The van der Waals surface area contributed by atoms with Crippen LogP contribution >= 0.6 is 0 Å². The minimum Gasteiger partial charge on any atom is -0.351 e. The Morgan fingerprint density at radius 2 is 1.88 bits per heavy atom. The van der Waals surface area contributed by atoms with Gasteiger partial charge in [-0.25, -0.2) is 0 Å². The van der Waals surface area contributed by atoms with Crippen molar-refractivity contribution in [2.45, 2.75) is 20.8 Å². The number of hydrogen-bond acceptors (Lipinski definition) is 3. The van der Waals surface area contributed by atoms with Gasteiger partial charge >= 0.3 is 0 Å². The van der Waals surface area contributed by atoms with Crippen LogP contribution in [0.5, 0.6) is 0 Å². The number of aryl methyl sites for hydroxylation is 2. The normalized spacial score (nSPS) is 15.3. The second-order valence-electron chi connectivity index (χ2n) is 6.75. The summed E-state index contributed by atoms with van der Waals surface area (Å²) in [7, 11) is 0. The van der Waals surface area contributed by atoms with Gasteiger partial charge in [-0.15, -0.1) is 0 Å². The second kappa shape index (κ2) is 7.85. The maximum absolute atomic E-state index is 12.6. The molecular formula is C20H28N4O. The molecule has 3 rings (SSSR count). The summed E-state index contributed by atoms with van der Waals surface area (Å²) >= 11 is 0. The summed E-state index contributed by atoms with van der Waals surface area (Å²) < 4.78 is 2.17. The number of carbonyl (C=O) groups is 1. The van der Waals surface area contributed by atoms with Crippen molar-refractivity contribution in [2.24, 2.45) is 0 Å². The van der Waals surface area contributed by atoms with Crippen molar-refractivity contribution in [1.29, 1.82) is 0 Å².